The van der Waals surface area contributed by atoms with Gasteiger partial charge in [-0.1, -0.05) is 50.1 Å². The number of unbranched alkanes of at least 4 members (excludes halogenated alkanes) is 2. The molecule has 0 amide bonds. The Kier molecular flexibility index (Phi) is 8.39. The Bertz CT molecular complexity index is 489. The molecular weight excluding hydrogens is 303 g/mol. The molecule has 0 spiro atoms. The van der Waals surface area contributed by atoms with Gasteiger partial charge in [0.15, 0.2) is 6.10 Å². The Morgan fingerprint density at radius 3 is 2.50 bits per heavy atom. The van der Waals surface area contributed by atoms with Crippen molar-refractivity contribution < 1.29 is 23.9 Å². The average Bonchev–Trinajstić information content (AvgIpc) is 2.49. The summed E-state index contributed by atoms with van der Waals surface area (Å²) in [4.78, 5) is 20.8. The smallest absolute Gasteiger partial charge is 0.333 e. The molecular formula is C16H25O5P. The summed E-state index contributed by atoms with van der Waals surface area (Å²) in [6.07, 6.45) is 2.68. The number of aryl methyl sites for hydroxylation is 1. The van der Waals surface area contributed by atoms with Gasteiger partial charge < -0.3 is 10.00 Å². The SMILES string of the molecule is CCCC[C@H](OP(=O)(O)CCCCc1ccccc1)C(=O)O. The fourth-order valence-corrected chi connectivity index (χ4v) is 3.47. The van der Waals surface area contributed by atoms with E-state index in [1.807, 2.05) is 37.3 Å². The predicted octanol–water partition coefficient (Wildman–Crippen LogP) is 3.85. The molecule has 0 saturated carbocycles. The largest absolute Gasteiger partial charge is 0.479 e. The van der Waals surface area contributed by atoms with E-state index < -0.39 is 19.7 Å². The summed E-state index contributed by atoms with van der Waals surface area (Å²) in [5.74, 6) is -1.17. The lowest BCUT2D eigenvalue weighted by atomic mass is 10.1. The van der Waals surface area contributed by atoms with E-state index in [-0.39, 0.29) is 12.6 Å². The number of carboxylic acids is 1. The van der Waals surface area contributed by atoms with Crippen molar-refractivity contribution in [3.05, 3.63) is 35.9 Å². The quantitative estimate of drug-likeness (QED) is 0.476. The first kappa shape index (κ1) is 18.9. The van der Waals surface area contributed by atoms with Gasteiger partial charge in [0.05, 0.1) is 6.16 Å². The molecule has 22 heavy (non-hydrogen) atoms. The maximum absolute atomic E-state index is 12.0. The molecule has 0 bridgehead atoms. The van der Waals surface area contributed by atoms with Crippen LogP contribution in [0.25, 0.3) is 0 Å². The number of carbonyl (C=O) groups is 1. The van der Waals surface area contributed by atoms with E-state index in [0.29, 0.717) is 12.8 Å². The molecule has 5 nitrogen and oxygen atoms in total. The van der Waals surface area contributed by atoms with E-state index in [1.54, 1.807) is 0 Å². The van der Waals surface area contributed by atoms with Gasteiger partial charge >= 0.3 is 13.6 Å². The number of aliphatic carboxylic acids is 1. The molecule has 0 aliphatic carbocycles. The summed E-state index contributed by atoms with van der Waals surface area (Å²) < 4.78 is 16.9. The third-order valence-electron chi connectivity index (χ3n) is 3.39. The summed E-state index contributed by atoms with van der Waals surface area (Å²) >= 11 is 0. The number of hydrogen-bond acceptors (Lipinski definition) is 3. The first-order valence-corrected chi connectivity index (χ1v) is 9.48. The maximum Gasteiger partial charge on any atom is 0.333 e. The Hall–Kier alpha value is -1.16. The van der Waals surface area contributed by atoms with Crippen molar-refractivity contribution >= 4 is 13.6 Å². The molecule has 1 rings (SSSR count). The number of benzene rings is 1. The highest BCUT2D eigenvalue weighted by Gasteiger charge is 2.28. The highest BCUT2D eigenvalue weighted by atomic mass is 31.2. The number of hydrogen-bond donors (Lipinski definition) is 2. The van der Waals surface area contributed by atoms with E-state index in [9.17, 15) is 14.3 Å². The lowest BCUT2D eigenvalue weighted by Gasteiger charge is -2.18. The summed E-state index contributed by atoms with van der Waals surface area (Å²) in [5, 5.41) is 9.03. The van der Waals surface area contributed by atoms with Gasteiger partial charge in [0, 0.05) is 0 Å². The molecule has 6 heteroatoms. The second-order valence-electron chi connectivity index (χ2n) is 5.38. The number of rotatable bonds is 11. The lowest BCUT2D eigenvalue weighted by Crippen LogP contribution is -2.23. The fourth-order valence-electron chi connectivity index (χ4n) is 2.15. The zero-order valence-electron chi connectivity index (χ0n) is 13.0. The third kappa shape index (κ3) is 7.74. The van der Waals surface area contributed by atoms with Crippen LogP contribution in [0.4, 0.5) is 0 Å². The zero-order valence-corrected chi connectivity index (χ0v) is 13.9. The van der Waals surface area contributed by atoms with Crippen molar-refractivity contribution in [3.63, 3.8) is 0 Å². The van der Waals surface area contributed by atoms with Gasteiger partial charge in [-0.15, -0.1) is 0 Å². The van der Waals surface area contributed by atoms with Crippen LogP contribution >= 0.6 is 7.60 Å². The van der Waals surface area contributed by atoms with Crippen LogP contribution in [0, 0.1) is 0 Å². The van der Waals surface area contributed by atoms with Crippen LogP contribution in [0.5, 0.6) is 0 Å². The van der Waals surface area contributed by atoms with Gasteiger partial charge in [-0.05, 0) is 31.2 Å². The first-order valence-electron chi connectivity index (χ1n) is 7.71. The van der Waals surface area contributed by atoms with Gasteiger partial charge in [0.25, 0.3) is 0 Å². The molecule has 2 atom stereocenters. The van der Waals surface area contributed by atoms with Crippen LogP contribution in [-0.4, -0.2) is 28.2 Å². The molecule has 1 aromatic rings. The van der Waals surface area contributed by atoms with Crippen molar-refractivity contribution in [3.8, 4) is 0 Å². The molecule has 124 valence electrons. The standard InChI is InChI=1S/C16H25O5P/c1-2-3-12-15(16(17)18)21-22(19,20)13-8-7-11-14-9-5-4-6-10-14/h4-6,9-10,15H,2-3,7-8,11-13H2,1H3,(H,17,18)(H,19,20)/t15-/m0/s1. The van der Waals surface area contributed by atoms with Crippen molar-refractivity contribution in [2.75, 3.05) is 6.16 Å². The normalized spacial score (nSPS) is 15.2. The van der Waals surface area contributed by atoms with Crippen molar-refractivity contribution in [2.24, 2.45) is 0 Å². The molecule has 2 N–H and O–H groups in total. The van der Waals surface area contributed by atoms with E-state index in [1.165, 1.54) is 5.56 Å². The molecule has 1 unspecified atom stereocenters. The van der Waals surface area contributed by atoms with Crippen LogP contribution in [0.2, 0.25) is 0 Å². The summed E-state index contributed by atoms with van der Waals surface area (Å²) in [5.41, 5.74) is 1.18. The Morgan fingerprint density at radius 1 is 1.23 bits per heavy atom. The topological polar surface area (TPSA) is 83.8 Å². The predicted molar refractivity (Wildman–Crippen MR) is 86.1 cm³/mol. The van der Waals surface area contributed by atoms with E-state index >= 15 is 0 Å². The molecule has 0 fully saturated rings. The van der Waals surface area contributed by atoms with Crippen LogP contribution < -0.4 is 0 Å². The zero-order chi connectivity index (χ0) is 16.4. The van der Waals surface area contributed by atoms with Crippen molar-refractivity contribution in [2.45, 2.75) is 51.6 Å². The summed E-state index contributed by atoms with van der Waals surface area (Å²) in [6.45, 7) is 1.93. The monoisotopic (exact) mass is 328 g/mol. The Balaban J connectivity index is 2.35. The average molecular weight is 328 g/mol. The highest BCUT2D eigenvalue weighted by molar-refractivity contribution is 7.52. The van der Waals surface area contributed by atoms with Gasteiger partial charge in [-0.2, -0.15) is 0 Å². The van der Waals surface area contributed by atoms with Gasteiger partial charge in [-0.3, -0.25) is 9.09 Å². The number of carboxylic acid groups (broad SMARTS) is 1. The molecule has 0 heterocycles. The fraction of sp³-hybridized carbons (Fsp3) is 0.562. The van der Waals surface area contributed by atoms with E-state index in [0.717, 1.165) is 19.3 Å². The third-order valence-corrected chi connectivity index (χ3v) is 4.85. The second kappa shape index (κ2) is 9.78. The Morgan fingerprint density at radius 2 is 1.91 bits per heavy atom. The Labute approximate surface area is 131 Å². The van der Waals surface area contributed by atoms with Gasteiger partial charge in [0.2, 0.25) is 0 Å². The molecule has 0 aromatic heterocycles. The second-order valence-corrected chi connectivity index (χ2v) is 7.31. The molecule has 0 radical (unpaired) electrons. The lowest BCUT2D eigenvalue weighted by molar-refractivity contribution is -0.145. The molecule has 0 aliphatic heterocycles. The minimum Gasteiger partial charge on any atom is -0.479 e. The minimum atomic E-state index is -3.84. The van der Waals surface area contributed by atoms with Crippen LogP contribution in [0.1, 0.15) is 44.6 Å². The van der Waals surface area contributed by atoms with Gasteiger partial charge in [0.1, 0.15) is 0 Å². The molecule has 1 aromatic carbocycles. The summed E-state index contributed by atoms with van der Waals surface area (Å²) in [6, 6.07) is 9.89. The maximum atomic E-state index is 12.0. The minimum absolute atomic E-state index is 0.00423. The molecule has 0 aliphatic rings. The van der Waals surface area contributed by atoms with Gasteiger partial charge in [-0.25, -0.2) is 4.79 Å². The highest BCUT2D eigenvalue weighted by Crippen LogP contribution is 2.45. The van der Waals surface area contributed by atoms with Crippen LogP contribution in [-0.2, 0) is 20.3 Å². The van der Waals surface area contributed by atoms with Crippen molar-refractivity contribution in [1.29, 1.82) is 0 Å². The molecule has 0 saturated heterocycles. The van der Waals surface area contributed by atoms with Crippen LogP contribution in [0.15, 0.2) is 30.3 Å². The van der Waals surface area contributed by atoms with Crippen LogP contribution in [0.3, 0.4) is 0 Å². The summed E-state index contributed by atoms with van der Waals surface area (Å²) in [7, 11) is -3.84. The first-order chi connectivity index (χ1) is 10.4. The van der Waals surface area contributed by atoms with Crippen molar-refractivity contribution in [1.82, 2.24) is 0 Å². The van der Waals surface area contributed by atoms with E-state index in [4.69, 9.17) is 9.63 Å². The van der Waals surface area contributed by atoms with E-state index in [2.05, 4.69) is 0 Å².